The molecule has 1 aromatic carbocycles. The summed E-state index contributed by atoms with van der Waals surface area (Å²) in [6.07, 6.45) is 0.997. The monoisotopic (exact) mass is 244 g/mol. The van der Waals surface area contributed by atoms with Crippen LogP contribution in [0.5, 0.6) is 0 Å². The lowest BCUT2D eigenvalue weighted by Gasteiger charge is -2.15. The van der Waals surface area contributed by atoms with E-state index in [9.17, 15) is 4.79 Å². The van der Waals surface area contributed by atoms with Crippen LogP contribution in [0, 0.1) is 17.4 Å². The van der Waals surface area contributed by atoms with Gasteiger partial charge in [-0.3, -0.25) is 0 Å². The van der Waals surface area contributed by atoms with Crippen LogP contribution in [0.15, 0.2) is 30.3 Å². The molecule has 0 fully saturated rings. The molecule has 0 saturated heterocycles. The number of carbonyl (C=O) groups is 1. The SMILES string of the molecule is CC(C=O)C(C#C[Si](C)(C)C)c1ccccc1. The minimum absolute atomic E-state index is 0.0282. The van der Waals surface area contributed by atoms with Crippen molar-refractivity contribution in [1.29, 1.82) is 0 Å². The Morgan fingerprint density at radius 2 is 1.76 bits per heavy atom. The number of benzene rings is 1. The zero-order chi connectivity index (χ0) is 12.9. The van der Waals surface area contributed by atoms with Crippen LogP contribution in [0.25, 0.3) is 0 Å². The van der Waals surface area contributed by atoms with E-state index in [4.69, 9.17) is 0 Å². The van der Waals surface area contributed by atoms with Gasteiger partial charge in [0, 0.05) is 5.92 Å². The quantitative estimate of drug-likeness (QED) is 0.452. The Morgan fingerprint density at radius 3 is 2.24 bits per heavy atom. The van der Waals surface area contributed by atoms with Gasteiger partial charge in [0.05, 0.1) is 5.92 Å². The molecule has 90 valence electrons. The zero-order valence-electron chi connectivity index (χ0n) is 11.0. The first kappa shape index (κ1) is 13.7. The highest BCUT2D eigenvalue weighted by molar-refractivity contribution is 6.83. The average molecular weight is 244 g/mol. The topological polar surface area (TPSA) is 17.1 Å². The molecule has 0 aliphatic heterocycles. The molecule has 0 bridgehead atoms. The Hall–Kier alpha value is -1.33. The molecule has 0 aromatic heterocycles. The highest BCUT2D eigenvalue weighted by atomic mass is 28.3. The second-order valence-electron chi connectivity index (χ2n) is 5.40. The molecule has 0 aliphatic carbocycles. The summed E-state index contributed by atoms with van der Waals surface area (Å²) >= 11 is 0. The van der Waals surface area contributed by atoms with Gasteiger partial charge >= 0.3 is 0 Å². The largest absolute Gasteiger partial charge is 0.303 e. The van der Waals surface area contributed by atoms with Gasteiger partial charge < -0.3 is 4.79 Å². The van der Waals surface area contributed by atoms with Crippen molar-refractivity contribution < 1.29 is 4.79 Å². The molecule has 1 rings (SSSR count). The van der Waals surface area contributed by atoms with Crippen molar-refractivity contribution in [2.75, 3.05) is 0 Å². The molecule has 2 atom stereocenters. The maximum atomic E-state index is 11.0. The fourth-order valence-electron chi connectivity index (χ4n) is 1.55. The van der Waals surface area contributed by atoms with Gasteiger partial charge in [0.2, 0.25) is 0 Å². The third-order valence-corrected chi connectivity index (χ3v) is 3.40. The molecule has 1 nitrogen and oxygen atoms in total. The molecule has 2 heteroatoms. The molecule has 1 aromatic rings. The lowest BCUT2D eigenvalue weighted by atomic mass is 9.89. The fourth-order valence-corrected chi connectivity index (χ4v) is 2.14. The van der Waals surface area contributed by atoms with Gasteiger partial charge in [0.1, 0.15) is 14.4 Å². The lowest BCUT2D eigenvalue weighted by Crippen LogP contribution is -2.18. The van der Waals surface area contributed by atoms with Crippen LogP contribution < -0.4 is 0 Å². The van der Waals surface area contributed by atoms with E-state index in [1.165, 1.54) is 0 Å². The number of hydrogen-bond acceptors (Lipinski definition) is 1. The van der Waals surface area contributed by atoms with Gasteiger partial charge in [-0.05, 0) is 5.56 Å². The maximum absolute atomic E-state index is 11.0. The summed E-state index contributed by atoms with van der Waals surface area (Å²) in [6, 6.07) is 10.1. The van der Waals surface area contributed by atoms with Crippen LogP contribution >= 0.6 is 0 Å². The van der Waals surface area contributed by atoms with E-state index in [1.807, 2.05) is 37.3 Å². The van der Waals surface area contributed by atoms with E-state index in [0.29, 0.717) is 0 Å². The van der Waals surface area contributed by atoms with E-state index >= 15 is 0 Å². The highest BCUT2D eigenvalue weighted by Gasteiger charge is 2.17. The predicted molar refractivity (Wildman–Crippen MR) is 75.5 cm³/mol. The number of aldehydes is 1. The first-order chi connectivity index (χ1) is 7.94. The second-order valence-corrected chi connectivity index (χ2v) is 10.2. The van der Waals surface area contributed by atoms with E-state index in [1.54, 1.807) is 0 Å². The van der Waals surface area contributed by atoms with E-state index in [2.05, 4.69) is 31.1 Å². The summed E-state index contributed by atoms with van der Waals surface area (Å²) in [5, 5.41) is 0. The standard InChI is InChI=1S/C15H20OSi/c1-13(12-16)15(10-11-17(2,3)4)14-8-6-5-7-9-14/h5-9,12-13,15H,1-4H3. The predicted octanol–water partition coefficient (Wildman–Crippen LogP) is 3.49. The third kappa shape index (κ3) is 4.58. The van der Waals surface area contributed by atoms with Gasteiger partial charge in [-0.25, -0.2) is 0 Å². The van der Waals surface area contributed by atoms with Gasteiger partial charge in [0.25, 0.3) is 0 Å². The first-order valence-electron chi connectivity index (χ1n) is 5.97. The lowest BCUT2D eigenvalue weighted by molar-refractivity contribution is -0.110. The molecular weight excluding hydrogens is 224 g/mol. The summed E-state index contributed by atoms with van der Waals surface area (Å²) in [5.74, 6) is 3.28. The van der Waals surface area contributed by atoms with Crippen molar-refractivity contribution in [2.24, 2.45) is 5.92 Å². The molecular formula is C15H20OSi. The van der Waals surface area contributed by atoms with Crippen LogP contribution in [-0.2, 0) is 4.79 Å². The van der Waals surface area contributed by atoms with Crippen molar-refractivity contribution in [3.8, 4) is 11.5 Å². The normalized spacial score (nSPS) is 14.4. The van der Waals surface area contributed by atoms with Crippen molar-refractivity contribution in [3.63, 3.8) is 0 Å². The van der Waals surface area contributed by atoms with E-state index in [0.717, 1.165) is 11.8 Å². The Balaban J connectivity index is 3.04. The van der Waals surface area contributed by atoms with Crippen LogP contribution in [0.2, 0.25) is 19.6 Å². The minimum Gasteiger partial charge on any atom is -0.303 e. The minimum atomic E-state index is -1.39. The van der Waals surface area contributed by atoms with Crippen molar-refractivity contribution >= 4 is 14.4 Å². The number of rotatable bonds is 3. The molecule has 0 amide bonds. The summed E-state index contributed by atoms with van der Waals surface area (Å²) in [5.41, 5.74) is 4.50. The Morgan fingerprint density at radius 1 is 1.18 bits per heavy atom. The van der Waals surface area contributed by atoms with Crippen molar-refractivity contribution in [1.82, 2.24) is 0 Å². The molecule has 0 radical (unpaired) electrons. The van der Waals surface area contributed by atoms with Gasteiger partial charge in [-0.1, -0.05) is 56.9 Å². The molecule has 17 heavy (non-hydrogen) atoms. The molecule has 0 N–H and O–H groups in total. The average Bonchev–Trinajstić information content (AvgIpc) is 2.29. The second kappa shape index (κ2) is 5.84. The molecule has 0 saturated carbocycles. The van der Waals surface area contributed by atoms with Crippen LogP contribution in [0.3, 0.4) is 0 Å². The smallest absolute Gasteiger partial charge is 0.129 e. The number of hydrogen-bond donors (Lipinski definition) is 0. The first-order valence-corrected chi connectivity index (χ1v) is 9.47. The summed E-state index contributed by atoms with van der Waals surface area (Å²) in [7, 11) is -1.39. The van der Waals surface area contributed by atoms with Gasteiger partial charge in [-0.15, -0.1) is 11.5 Å². The Labute approximate surface area is 105 Å². The summed E-state index contributed by atoms with van der Waals surface area (Å²) in [6.45, 7) is 8.58. The van der Waals surface area contributed by atoms with E-state index in [-0.39, 0.29) is 11.8 Å². The zero-order valence-corrected chi connectivity index (χ0v) is 12.0. The number of carbonyl (C=O) groups excluding carboxylic acids is 1. The maximum Gasteiger partial charge on any atom is 0.129 e. The summed E-state index contributed by atoms with van der Waals surface area (Å²) < 4.78 is 0. The molecule has 2 unspecified atom stereocenters. The van der Waals surface area contributed by atoms with Gasteiger partial charge in [-0.2, -0.15) is 0 Å². The fraction of sp³-hybridized carbons (Fsp3) is 0.400. The highest BCUT2D eigenvalue weighted by Crippen LogP contribution is 2.22. The van der Waals surface area contributed by atoms with E-state index < -0.39 is 8.07 Å². The molecule has 0 heterocycles. The Bertz CT molecular complexity index is 420. The molecule has 0 aliphatic rings. The summed E-state index contributed by atoms with van der Waals surface area (Å²) in [4.78, 5) is 11.0. The molecule has 0 spiro atoms. The van der Waals surface area contributed by atoms with Crippen LogP contribution in [-0.4, -0.2) is 14.4 Å². The van der Waals surface area contributed by atoms with Crippen LogP contribution in [0.1, 0.15) is 18.4 Å². The van der Waals surface area contributed by atoms with Gasteiger partial charge in [0.15, 0.2) is 0 Å². The van der Waals surface area contributed by atoms with Crippen molar-refractivity contribution in [3.05, 3.63) is 35.9 Å². The Kier molecular flexibility index (Phi) is 4.71. The van der Waals surface area contributed by atoms with Crippen molar-refractivity contribution in [2.45, 2.75) is 32.5 Å². The third-order valence-electron chi connectivity index (χ3n) is 2.50. The van der Waals surface area contributed by atoms with Crippen LogP contribution in [0.4, 0.5) is 0 Å².